The Balaban J connectivity index is 2.15. The van der Waals surface area contributed by atoms with Crippen molar-refractivity contribution in [2.24, 2.45) is 0 Å². The number of thioether (sulfide) groups is 1. The summed E-state index contributed by atoms with van der Waals surface area (Å²) in [6.07, 6.45) is 1.37. The predicted molar refractivity (Wildman–Crippen MR) is 52.2 cm³/mol. The SMILES string of the molecule is BrCCN1CCCSCC1. The monoisotopic (exact) mass is 223 g/mol. The van der Waals surface area contributed by atoms with E-state index >= 15 is 0 Å². The molecule has 1 nitrogen and oxygen atoms in total. The number of rotatable bonds is 2. The van der Waals surface area contributed by atoms with Crippen molar-refractivity contribution in [3.05, 3.63) is 0 Å². The Morgan fingerprint density at radius 3 is 3.00 bits per heavy atom. The van der Waals surface area contributed by atoms with Crippen LogP contribution in [0, 0.1) is 0 Å². The highest BCUT2D eigenvalue weighted by molar-refractivity contribution is 9.09. The Labute approximate surface area is 75.7 Å². The molecule has 0 saturated carbocycles. The zero-order valence-corrected chi connectivity index (χ0v) is 8.59. The summed E-state index contributed by atoms with van der Waals surface area (Å²) in [6, 6.07) is 0. The Bertz CT molecular complexity index is 81.7. The summed E-state index contributed by atoms with van der Waals surface area (Å²) < 4.78 is 0. The second-order valence-corrected chi connectivity index (χ2v) is 4.51. The van der Waals surface area contributed by atoms with E-state index in [9.17, 15) is 0 Å². The molecule has 3 heteroatoms. The lowest BCUT2D eigenvalue weighted by atomic mass is 10.4. The van der Waals surface area contributed by atoms with Crippen LogP contribution in [0.1, 0.15) is 6.42 Å². The predicted octanol–water partition coefficient (Wildman–Crippen LogP) is 1.82. The van der Waals surface area contributed by atoms with E-state index < -0.39 is 0 Å². The van der Waals surface area contributed by atoms with Gasteiger partial charge in [0.2, 0.25) is 0 Å². The van der Waals surface area contributed by atoms with E-state index in [0.717, 1.165) is 5.33 Å². The van der Waals surface area contributed by atoms with Crippen LogP contribution >= 0.6 is 27.7 Å². The molecule has 0 radical (unpaired) electrons. The van der Waals surface area contributed by atoms with Gasteiger partial charge in [-0.05, 0) is 18.7 Å². The summed E-state index contributed by atoms with van der Waals surface area (Å²) in [5, 5.41) is 1.12. The first-order chi connectivity index (χ1) is 4.93. The fraction of sp³-hybridized carbons (Fsp3) is 1.00. The Morgan fingerprint density at radius 1 is 1.30 bits per heavy atom. The van der Waals surface area contributed by atoms with Crippen LogP contribution in [0.5, 0.6) is 0 Å². The quantitative estimate of drug-likeness (QED) is 0.658. The lowest BCUT2D eigenvalue weighted by molar-refractivity contribution is 0.315. The molecule has 1 aliphatic heterocycles. The summed E-state index contributed by atoms with van der Waals surface area (Å²) in [5.74, 6) is 2.69. The Morgan fingerprint density at radius 2 is 2.20 bits per heavy atom. The van der Waals surface area contributed by atoms with E-state index in [-0.39, 0.29) is 0 Å². The molecule has 60 valence electrons. The van der Waals surface area contributed by atoms with Crippen molar-refractivity contribution in [1.29, 1.82) is 0 Å². The van der Waals surface area contributed by atoms with Crippen LogP contribution in [-0.4, -0.2) is 41.4 Å². The molecule has 1 fully saturated rings. The summed E-state index contributed by atoms with van der Waals surface area (Å²) in [5.41, 5.74) is 0. The molecule has 0 unspecified atom stereocenters. The lowest BCUT2D eigenvalue weighted by Gasteiger charge is -2.16. The van der Waals surface area contributed by atoms with Crippen LogP contribution < -0.4 is 0 Å². The molecular formula is C7H14BrNS. The highest BCUT2D eigenvalue weighted by Crippen LogP contribution is 2.09. The van der Waals surface area contributed by atoms with Gasteiger partial charge in [0.25, 0.3) is 0 Å². The molecule has 1 aliphatic rings. The highest BCUT2D eigenvalue weighted by Gasteiger charge is 2.06. The third kappa shape index (κ3) is 3.26. The van der Waals surface area contributed by atoms with Crippen LogP contribution in [-0.2, 0) is 0 Å². The van der Waals surface area contributed by atoms with Crippen molar-refractivity contribution < 1.29 is 0 Å². The third-order valence-electron chi connectivity index (χ3n) is 1.72. The number of nitrogens with zero attached hydrogens (tertiary/aromatic N) is 1. The molecule has 0 bridgehead atoms. The average molecular weight is 224 g/mol. The number of hydrogen-bond donors (Lipinski definition) is 0. The van der Waals surface area contributed by atoms with Gasteiger partial charge >= 0.3 is 0 Å². The van der Waals surface area contributed by atoms with Crippen molar-refractivity contribution in [1.82, 2.24) is 4.90 Å². The largest absolute Gasteiger partial charge is 0.302 e. The smallest absolute Gasteiger partial charge is 0.0159 e. The molecule has 0 spiro atoms. The molecule has 1 rings (SSSR count). The first-order valence-corrected chi connectivity index (χ1v) is 6.07. The van der Waals surface area contributed by atoms with Gasteiger partial charge in [0.15, 0.2) is 0 Å². The average Bonchev–Trinajstić information content (AvgIpc) is 2.17. The highest BCUT2D eigenvalue weighted by atomic mass is 79.9. The number of hydrogen-bond acceptors (Lipinski definition) is 2. The first kappa shape index (κ1) is 8.88. The summed E-state index contributed by atoms with van der Waals surface area (Å²) in [7, 11) is 0. The van der Waals surface area contributed by atoms with Crippen LogP contribution in [0.4, 0.5) is 0 Å². The van der Waals surface area contributed by atoms with E-state index in [1.165, 1.54) is 37.6 Å². The number of halogens is 1. The van der Waals surface area contributed by atoms with E-state index in [1.54, 1.807) is 0 Å². The summed E-state index contributed by atoms with van der Waals surface area (Å²) in [4.78, 5) is 2.54. The topological polar surface area (TPSA) is 3.24 Å². The van der Waals surface area contributed by atoms with Crippen molar-refractivity contribution in [3.8, 4) is 0 Å². The Kier molecular flexibility index (Phi) is 4.83. The molecule has 0 aromatic carbocycles. The van der Waals surface area contributed by atoms with Gasteiger partial charge in [0.05, 0.1) is 0 Å². The zero-order chi connectivity index (χ0) is 7.23. The number of alkyl halides is 1. The van der Waals surface area contributed by atoms with Crippen LogP contribution in [0.3, 0.4) is 0 Å². The van der Waals surface area contributed by atoms with Gasteiger partial charge < -0.3 is 4.90 Å². The van der Waals surface area contributed by atoms with Crippen LogP contribution in [0.15, 0.2) is 0 Å². The van der Waals surface area contributed by atoms with Gasteiger partial charge in [0.1, 0.15) is 0 Å². The first-order valence-electron chi connectivity index (χ1n) is 3.79. The second-order valence-electron chi connectivity index (χ2n) is 2.50. The van der Waals surface area contributed by atoms with Gasteiger partial charge in [0, 0.05) is 24.2 Å². The minimum Gasteiger partial charge on any atom is -0.302 e. The molecule has 1 heterocycles. The van der Waals surface area contributed by atoms with E-state index in [2.05, 4.69) is 32.6 Å². The molecule has 0 aliphatic carbocycles. The van der Waals surface area contributed by atoms with Crippen LogP contribution in [0.2, 0.25) is 0 Å². The van der Waals surface area contributed by atoms with Gasteiger partial charge in [-0.1, -0.05) is 15.9 Å². The van der Waals surface area contributed by atoms with Crippen molar-refractivity contribution in [2.45, 2.75) is 6.42 Å². The van der Waals surface area contributed by atoms with Crippen molar-refractivity contribution >= 4 is 27.7 Å². The van der Waals surface area contributed by atoms with E-state index in [4.69, 9.17) is 0 Å². The van der Waals surface area contributed by atoms with Crippen LogP contribution in [0.25, 0.3) is 0 Å². The molecule has 0 atom stereocenters. The van der Waals surface area contributed by atoms with Gasteiger partial charge in [-0.2, -0.15) is 11.8 Å². The maximum Gasteiger partial charge on any atom is 0.0159 e. The van der Waals surface area contributed by atoms with Crippen molar-refractivity contribution in [3.63, 3.8) is 0 Å². The van der Waals surface area contributed by atoms with Gasteiger partial charge in [-0.25, -0.2) is 0 Å². The maximum absolute atomic E-state index is 3.46. The van der Waals surface area contributed by atoms with Gasteiger partial charge in [-0.15, -0.1) is 0 Å². The minimum absolute atomic E-state index is 1.12. The zero-order valence-electron chi connectivity index (χ0n) is 6.18. The van der Waals surface area contributed by atoms with E-state index in [1.807, 2.05) is 0 Å². The second kappa shape index (κ2) is 5.44. The molecule has 0 aromatic rings. The third-order valence-corrected chi connectivity index (χ3v) is 3.12. The fourth-order valence-corrected chi connectivity index (χ4v) is 2.57. The molecule has 0 amide bonds. The molecular weight excluding hydrogens is 210 g/mol. The lowest BCUT2D eigenvalue weighted by Crippen LogP contribution is -2.27. The molecule has 1 saturated heterocycles. The van der Waals surface area contributed by atoms with Crippen molar-refractivity contribution in [2.75, 3.05) is 36.5 Å². The maximum atomic E-state index is 3.46. The summed E-state index contributed by atoms with van der Waals surface area (Å²) >= 11 is 5.55. The Hall–Kier alpha value is 0.790. The molecule has 0 N–H and O–H groups in total. The molecule has 0 aromatic heterocycles. The van der Waals surface area contributed by atoms with E-state index in [0.29, 0.717) is 0 Å². The molecule has 10 heavy (non-hydrogen) atoms. The van der Waals surface area contributed by atoms with Gasteiger partial charge in [-0.3, -0.25) is 0 Å². The fourth-order valence-electron chi connectivity index (χ4n) is 1.14. The normalized spacial score (nSPS) is 22.5. The summed E-state index contributed by atoms with van der Waals surface area (Å²) in [6.45, 7) is 3.81. The minimum atomic E-state index is 1.12. The standard InChI is InChI=1S/C7H14BrNS/c8-2-4-9-3-1-6-10-7-5-9/h1-7H2.